The zero-order valence-corrected chi connectivity index (χ0v) is 8.97. The Morgan fingerprint density at radius 2 is 2.71 bits per heavy atom. The lowest BCUT2D eigenvalue weighted by atomic mass is 10.3. The van der Waals surface area contributed by atoms with E-state index in [0.717, 1.165) is 30.4 Å². The first-order valence-electron chi connectivity index (χ1n) is 4.65. The van der Waals surface area contributed by atoms with Gasteiger partial charge in [-0.2, -0.15) is 0 Å². The minimum absolute atomic E-state index is 0.124. The van der Waals surface area contributed by atoms with Crippen LogP contribution >= 0.6 is 11.3 Å². The summed E-state index contributed by atoms with van der Waals surface area (Å²) in [5.41, 5.74) is 0.988. The summed E-state index contributed by atoms with van der Waals surface area (Å²) in [5, 5.41) is 6.36. The van der Waals surface area contributed by atoms with Crippen molar-refractivity contribution in [1.82, 2.24) is 10.3 Å². The predicted octanol–water partition coefficient (Wildman–Crippen LogP) is 0.950. The third-order valence-corrected chi connectivity index (χ3v) is 3.05. The lowest BCUT2D eigenvalue weighted by Crippen LogP contribution is -2.33. The number of hydrogen-bond acceptors (Lipinski definition) is 5. The fraction of sp³-hybridized carbons (Fsp3) is 0.667. The maximum absolute atomic E-state index is 5.60. The molecule has 1 aromatic rings. The Labute approximate surface area is 87.3 Å². The smallest absolute Gasteiger partial charge is 0.123 e. The highest BCUT2D eigenvalue weighted by Crippen LogP contribution is 2.22. The van der Waals surface area contributed by atoms with Crippen molar-refractivity contribution >= 4 is 11.3 Å². The molecule has 1 fully saturated rings. The fourth-order valence-corrected chi connectivity index (χ4v) is 2.26. The summed E-state index contributed by atoms with van der Waals surface area (Å²) >= 11 is 1.64. The Morgan fingerprint density at radius 3 is 3.43 bits per heavy atom. The number of nitrogens with zero attached hydrogens (tertiary/aromatic N) is 1. The van der Waals surface area contributed by atoms with Crippen LogP contribution in [0.4, 0.5) is 0 Å². The van der Waals surface area contributed by atoms with Gasteiger partial charge in [0.05, 0.1) is 18.9 Å². The predicted molar refractivity (Wildman–Crippen MR) is 54.4 cm³/mol. The van der Waals surface area contributed by atoms with Crippen molar-refractivity contribution in [3.8, 4) is 0 Å². The van der Waals surface area contributed by atoms with Gasteiger partial charge in [0.25, 0.3) is 0 Å². The Morgan fingerprint density at radius 1 is 1.79 bits per heavy atom. The van der Waals surface area contributed by atoms with Crippen LogP contribution in [0.25, 0.3) is 0 Å². The maximum Gasteiger partial charge on any atom is 0.123 e. The topological polar surface area (TPSA) is 43.4 Å². The summed E-state index contributed by atoms with van der Waals surface area (Å²) in [4.78, 5) is 4.45. The zero-order valence-electron chi connectivity index (χ0n) is 8.16. The summed E-state index contributed by atoms with van der Waals surface area (Å²) < 4.78 is 10.6. The zero-order chi connectivity index (χ0) is 9.80. The highest BCUT2D eigenvalue weighted by Gasteiger charge is 2.18. The van der Waals surface area contributed by atoms with E-state index in [1.807, 2.05) is 5.38 Å². The van der Waals surface area contributed by atoms with Crippen LogP contribution < -0.4 is 5.32 Å². The second kappa shape index (κ2) is 4.84. The molecule has 0 saturated carbocycles. The molecule has 1 unspecified atom stereocenters. The monoisotopic (exact) mass is 214 g/mol. The average molecular weight is 214 g/mol. The Kier molecular flexibility index (Phi) is 3.47. The Hall–Kier alpha value is -0.490. The second-order valence-corrected chi connectivity index (χ2v) is 4.06. The van der Waals surface area contributed by atoms with Gasteiger partial charge in [0.1, 0.15) is 11.1 Å². The van der Waals surface area contributed by atoms with E-state index in [1.54, 1.807) is 18.4 Å². The van der Waals surface area contributed by atoms with Gasteiger partial charge in [-0.05, 0) is 0 Å². The molecule has 0 spiro atoms. The molecule has 0 aliphatic carbocycles. The summed E-state index contributed by atoms with van der Waals surface area (Å²) in [6, 6.07) is 0. The minimum atomic E-state index is 0.124. The van der Waals surface area contributed by atoms with Gasteiger partial charge in [0.2, 0.25) is 0 Å². The molecule has 1 aliphatic rings. The van der Waals surface area contributed by atoms with Crippen LogP contribution in [0.3, 0.4) is 0 Å². The molecule has 0 aromatic carbocycles. The Bertz CT molecular complexity index is 284. The van der Waals surface area contributed by atoms with Crippen molar-refractivity contribution in [2.24, 2.45) is 0 Å². The van der Waals surface area contributed by atoms with Crippen molar-refractivity contribution < 1.29 is 9.47 Å². The SMILES string of the molecule is COCc1csc(C2CNCCO2)n1. The van der Waals surface area contributed by atoms with Crippen molar-refractivity contribution in [3.05, 3.63) is 16.1 Å². The summed E-state index contributed by atoms with van der Waals surface area (Å²) in [7, 11) is 1.68. The molecule has 14 heavy (non-hydrogen) atoms. The molecule has 1 aliphatic heterocycles. The van der Waals surface area contributed by atoms with Crippen molar-refractivity contribution in [2.75, 3.05) is 26.8 Å². The number of hydrogen-bond donors (Lipinski definition) is 1. The number of morpholine rings is 1. The third kappa shape index (κ3) is 2.30. The standard InChI is InChI=1S/C9H14N2O2S/c1-12-5-7-6-14-9(11-7)8-4-10-2-3-13-8/h6,8,10H,2-5H2,1H3. The number of rotatable bonds is 3. The highest BCUT2D eigenvalue weighted by molar-refractivity contribution is 7.09. The summed E-state index contributed by atoms with van der Waals surface area (Å²) in [5.74, 6) is 0. The molecule has 1 N–H and O–H groups in total. The van der Waals surface area contributed by atoms with Gasteiger partial charge >= 0.3 is 0 Å². The van der Waals surface area contributed by atoms with Crippen LogP contribution in [0.1, 0.15) is 16.8 Å². The summed E-state index contributed by atoms with van der Waals surface area (Å²) in [6.45, 7) is 3.15. The molecule has 5 heteroatoms. The third-order valence-electron chi connectivity index (χ3n) is 2.06. The van der Waals surface area contributed by atoms with E-state index >= 15 is 0 Å². The van der Waals surface area contributed by atoms with E-state index in [2.05, 4.69) is 10.3 Å². The van der Waals surface area contributed by atoms with Gasteiger partial charge in [-0.3, -0.25) is 0 Å². The van der Waals surface area contributed by atoms with Gasteiger partial charge in [0.15, 0.2) is 0 Å². The van der Waals surface area contributed by atoms with E-state index in [-0.39, 0.29) is 6.10 Å². The molecule has 0 amide bonds. The first-order valence-corrected chi connectivity index (χ1v) is 5.53. The number of ether oxygens (including phenoxy) is 2. The lowest BCUT2D eigenvalue weighted by molar-refractivity contribution is 0.0273. The van der Waals surface area contributed by atoms with E-state index in [9.17, 15) is 0 Å². The molecule has 1 atom stereocenters. The molecule has 0 bridgehead atoms. The lowest BCUT2D eigenvalue weighted by Gasteiger charge is -2.21. The molecule has 1 aromatic heterocycles. The van der Waals surface area contributed by atoms with Crippen LogP contribution in [-0.4, -0.2) is 31.8 Å². The molecule has 2 rings (SSSR count). The van der Waals surface area contributed by atoms with Crippen LogP contribution in [0, 0.1) is 0 Å². The van der Waals surface area contributed by atoms with Gasteiger partial charge in [-0.1, -0.05) is 0 Å². The van der Waals surface area contributed by atoms with Crippen molar-refractivity contribution in [1.29, 1.82) is 0 Å². The molecule has 2 heterocycles. The van der Waals surface area contributed by atoms with Gasteiger partial charge in [0, 0.05) is 25.6 Å². The molecule has 0 radical (unpaired) electrons. The molecular weight excluding hydrogens is 200 g/mol. The largest absolute Gasteiger partial charge is 0.378 e. The quantitative estimate of drug-likeness (QED) is 0.813. The van der Waals surface area contributed by atoms with Crippen molar-refractivity contribution in [3.63, 3.8) is 0 Å². The highest BCUT2D eigenvalue weighted by atomic mass is 32.1. The van der Waals surface area contributed by atoms with Crippen LogP contribution in [0.5, 0.6) is 0 Å². The van der Waals surface area contributed by atoms with Crippen LogP contribution in [-0.2, 0) is 16.1 Å². The summed E-state index contributed by atoms with van der Waals surface area (Å²) in [6.07, 6.45) is 0.124. The first-order chi connectivity index (χ1) is 6.90. The van der Waals surface area contributed by atoms with Gasteiger partial charge in [-0.15, -0.1) is 11.3 Å². The molecule has 1 saturated heterocycles. The maximum atomic E-state index is 5.60. The molecular formula is C9H14N2O2S. The molecule has 78 valence electrons. The first kappa shape index (κ1) is 10.0. The number of aromatic nitrogens is 1. The average Bonchev–Trinajstić information content (AvgIpc) is 2.68. The van der Waals surface area contributed by atoms with E-state index in [1.165, 1.54) is 0 Å². The van der Waals surface area contributed by atoms with Gasteiger partial charge < -0.3 is 14.8 Å². The minimum Gasteiger partial charge on any atom is -0.378 e. The second-order valence-electron chi connectivity index (χ2n) is 3.17. The van der Waals surface area contributed by atoms with Crippen LogP contribution in [0.2, 0.25) is 0 Å². The molecule has 4 nitrogen and oxygen atoms in total. The number of thiazole rings is 1. The van der Waals surface area contributed by atoms with Crippen LogP contribution in [0.15, 0.2) is 5.38 Å². The van der Waals surface area contributed by atoms with E-state index < -0.39 is 0 Å². The van der Waals surface area contributed by atoms with Crippen molar-refractivity contribution in [2.45, 2.75) is 12.7 Å². The fourth-order valence-electron chi connectivity index (χ4n) is 1.41. The Balaban J connectivity index is 2.00. The number of nitrogens with one attached hydrogen (secondary N) is 1. The normalized spacial score (nSPS) is 22.5. The number of methoxy groups -OCH3 is 1. The van der Waals surface area contributed by atoms with E-state index in [4.69, 9.17) is 9.47 Å². The van der Waals surface area contributed by atoms with E-state index in [0.29, 0.717) is 6.61 Å². The van der Waals surface area contributed by atoms with Gasteiger partial charge in [-0.25, -0.2) is 4.98 Å².